The highest BCUT2D eigenvalue weighted by Crippen LogP contribution is 2.31. The van der Waals surface area contributed by atoms with Gasteiger partial charge in [0.05, 0.1) is 6.42 Å². The predicted molar refractivity (Wildman–Crippen MR) is 139 cm³/mol. The number of nitrogens with zero attached hydrogens (tertiary/aromatic N) is 1. The summed E-state index contributed by atoms with van der Waals surface area (Å²) >= 11 is 0. The minimum Gasteiger partial charge on any atom is -0.444 e. The van der Waals surface area contributed by atoms with Gasteiger partial charge >= 0.3 is 6.09 Å². The van der Waals surface area contributed by atoms with Crippen LogP contribution in [0.25, 0.3) is 0 Å². The van der Waals surface area contributed by atoms with Crippen LogP contribution in [0.2, 0.25) is 0 Å². The summed E-state index contributed by atoms with van der Waals surface area (Å²) in [6.07, 6.45) is 4.12. The first-order valence-electron chi connectivity index (χ1n) is 11.7. The molecule has 36 heavy (non-hydrogen) atoms. The molecule has 0 aliphatic heterocycles. The van der Waals surface area contributed by atoms with Gasteiger partial charge in [0.15, 0.2) is 0 Å². The molecule has 0 bridgehead atoms. The fourth-order valence-corrected chi connectivity index (χ4v) is 3.48. The molecule has 198 valence electrons. The molecule has 1 aromatic carbocycles. The number of benzene rings is 1. The molecule has 0 aliphatic carbocycles. The van der Waals surface area contributed by atoms with Gasteiger partial charge in [0.1, 0.15) is 17.7 Å². The molecule has 9 heteroatoms. The van der Waals surface area contributed by atoms with Gasteiger partial charge in [-0.05, 0) is 80.0 Å². The second-order valence-corrected chi connectivity index (χ2v) is 11.7. The van der Waals surface area contributed by atoms with Crippen molar-refractivity contribution in [2.75, 3.05) is 0 Å². The molecule has 0 heterocycles. The van der Waals surface area contributed by atoms with Crippen molar-refractivity contribution in [2.24, 2.45) is 5.73 Å². The van der Waals surface area contributed by atoms with Crippen molar-refractivity contribution in [3.63, 3.8) is 0 Å². The first-order valence-corrected chi connectivity index (χ1v) is 11.7. The van der Waals surface area contributed by atoms with E-state index < -0.39 is 59.0 Å². The van der Waals surface area contributed by atoms with Gasteiger partial charge in [0, 0.05) is 16.6 Å². The SMILES string of the molecule is C#Cc1ccc(C(C(=O)NC(C)(C)C)N(C(=O)C(CC(N)=O)NC(=O)OC(C)(C)C)C(C)(C)C)cc1. The number of alkyl carbamates (subject to hydrolysis) is 1. The summed E-state index contributed by atoms with van der Waals surface area (Å²) in [5.74, 6) is 0.630. The highest BCUT2D eigenvalue weighted by Gasteiger charge is 2.42. The van der Waals surface area contributed by atoms with Crippen LogP contribution in [0.5, 0.6) is 0 Å². The molecule has 0 aromatic heterocycles. The van der Waals surface area contributed by atoms with Crippen molar-refractivity contribution < 1.29 is 23.9 Å². The largest absolute Gasteiger partial charge is 0.444 e. The lowest BCUT2D eigenvalue weighted by atomic mass is 9.93. The maximum Gasteiger partial charge on any atom is 0.408 e. The molecule has 1 aromatic rings. The molecule has 4 amide bonds. The smallest absolute Gasteiger partial charge is 0.408 e. The highest BCUT2D eigenvalue weighted by molar-refractivity contribution is 5.95. The zero-order valence-corrected chi connectivity index (χ0v) is 22.8. The number of amides is 4. The van der Waals surface area contributed by atoms with Gasteiger partial charge in [-0.2, -0.15) is 0 Å². The van der Waals surface area contributed by atoms with Crippen molar-refractivity contribution in [3.05, 3.63) is 35.4 Å². The first-order chi connectivity index (χ1) is 16.2. The molecule has 2 unspecified atom stereocenters. The van der Waals surface area contributed by atoms with Gasteiger partial charge in [-0.3, -0.25) is 14.4 Å². The zero-order valence-electron chi connectivity index (χ0n) is 22.8. The quantitative estimate of drug-likeness (QED) is 0.496. The molecule has 2 atom stereocenters. The van der Waals surface area contributed by atoms with E-state index in [1.165, 1.54) is 4.90 Å². The van der Waals surface area contributed by atoms with Gasteiger partial charge in [0.2, 0.25) is 17.7 Å². The van der Waals surface area contributed by atoms with Crippen molar-refractivity contribution in [1.29, 1.82) is 0 Å². The van der Waals surface area contributed by atoms with Crippen LogP contribution in [0.1, 0.15) is 85.9 Å². The minimum atomic E-state index is -1.36. The summed E-state index contributed by atoms with van der Waals surface area (Å²) in [5.41, 5.74) is 4.19. The van der Waals surface area contributed by atoms with Crippen LogP contribution in [0, 0.1) is 12.3 Å². The summed E-state index contributed by atoms with van der Waals surface area (Å²) in [4.78, 5) is 53.3. The van der Waals surface area contributed by atoms with Gasteiger partial charge in [0.25, 0.3) is 0 Å². The third-order valence-corrected chi connectivity index (χ3v) is 4.75. The van der Waals surface area contributed by atoms with Crippen molar-refractivity contribution in [2.45, 2.75) is 97.5 Å². The van der Waals surface area contributed by atoms with Crippen LogP contribution in [-0.4, -0.2) is 51.4 Å². The average molecular weight is 501 g/mol. The molecule has 0 aliphatic rings. The third-order valence-electron chi connectivity index (χ3n) is 4.75. The third kappa shape index (κ3) is 9.61. The molecule has 0 saturated carbocycles. The van der Waals surface area contributed by atoms with Gasteiger partial charge in [-0.25, -0.2) is 4.79 Å². The number of nitrogens with two attached hydrogens (primary N) is 1. The molecule has 9 nitrogen and oxygen atoms in total. The predicted octanol–water partition coefficient (Wildman–Crippen LogP) is 3.02. The summed E-state index contributed by atoms with van der Waals surface area (Å²) < 4.78 is 5.28. The zero-order chi connectivity index (χ0) is 28.1. The van der Waals surface area contributed by atoms with Gasteiger partial charge < -0.3 is 26.0 Å². The Kier molecular flexibility index (Phi) is 9.71. The van der Waals surface area contributed by atoms with Crippen LogP contribution in [0.15, 0.2) is 24.3 Å². The monoisotopic (exact) mass is 500 g/mol. The Balaban J connectivity index is 3.63. The Morgan fingerprint density at radius 1 is 1.00 bits per heavy atom. The van der Waals surface area contributed by atoms with E-state index >= 15 is 0 Å². The van der Waals surface area contributed by atoms with Crippen LogP contribution in [-0.2, 0) is 19.1 Å². The Morgan fingerprint density at radius 3 is 1.92 bits per heavy atom. The molecule has 1 rings (SSSR count). The fraction of sp³-hybridized carbons (Fsp3) is 0.556. The number of rotatable bonds is 7. The molecule has 0 saturated heterocycles. The van der Waals surface area contributed by atoms with Crippen molar-refractivity contribution in [3.8, 4) is 12.3 Å². The summed E-state index contributed by atoms with van der Waals surface area (Å²) in [7, 11) is 0. The van der Waals surface area contributed by atoms with E-state index in [0.29, 0.717) is 11.1 Å². The minimum absolute atomic E-state index is 0.436. The molecule has 0 fully saturated rings. The second kappa shape index (κ2) is 11.5. The maximum atomic E-state index is 14.0. The van der Waals surface area contributed by atoms with E-state index in [0.717, 1.165) is 0 Å². The lowest BCUT2D eigenvalue weighted by molar-refractivity contribution is -0.149. The van der Waals surface area contributed by atoms with Gasteiger partial charge in [-0.15, -0.1) is 6.42 Å². The number of hydrogen-bond donors (Lipinski definition) is 3. The summed E-state index contributed by atoms with van der Waals surface area (Å²) in [6.45, 7) is 15.8. The standard InChI is InChI=1S/C27H40N4O5/c1-11-17-12-14-18(15-13-17)21(22(33)30-25(2,3)4)31(26(5,6)7)23(34)19(16-20(28)32)29-24(35)36-27(8,9)10/h1,12-15,19,21H,16H2,2-10H3,(H2,28,32)(H,29,35)(H,30,33). The average Bonchev–Trinajstić information content (AvgIpc) is 2.67. The van der Waals surface area contributed by atoms with Crippen LogP contribution < -0.4 is 16.4 Å². The van der Waals surface area contributed by atoms with Crippen molar-refractivity contribution >= 4 is 23.8 Å². The van der Waals surface area contributed by atoms with Crippen molar-refractivity contribution in [1.82, 2.24) is 15.5 Å². The number of terminal acetylenes is 1. The number of hydrogen-bond acceptors (Lipinski definition) is 5. The Labute approximate surface area is 214 Å². The van der Waals surface area contributed by atoms with E-state index in [-0.39, 0.29) is 0 Å². The Hall–Kier alpha value is -3.54. The molecular formula is C27H40N4O5. The number of primary amides is 1. The van der Waals surface area contributed by atoms with Crippen LogP contribution in [0.4, 0.5) is 4.79 Å². The van der Waals surface area contributed by atoms with E-state index in [2.05, 4.69) is 16.6 Å². The molecule has 0 spiro atoms. The summed E-state index contributed by atoms with van der Waals surface area (Å²) in [5, 5.41) is 5.39. The van der Waals surface area contributed by atoms with E-state index in [1.807, 2.05) is 20.8 Å². The number of nitrogens with one attached hydrogen (secondary N) is 2. The van der Waals surface area contributed by atoms with E-state index in [4.69, 9.17) is 16.9 Å². The Morgan fingerprint density at radius 2 is 1.53 bits per heavy atom. The normalized spacial score (nSPS) is 13.6. The fourth-order valence-electron chi connectivity index (χ4n) is 3.48. The highest BCUT2D eigenvalue weighted by atomic mass is 16.6. The summed E-state index contributed by atoms with van der Waals surface area (Å²) in [6, 6.07) is 4.26. The number of carbonyl (C=O) groups excluding carboxylic acids is 4. The van der Waals surface area contributed by atoms with Crippen LogP contribution in [0.3, 0.4) is 0 Å². The first kappa shape index (κ1) is 30.5. The van der Waals surface area contributed by atoms with E-state index in [9.17, 15) is 19.2 Å². The lowest BCUT2D eigenvalue weighted by Crippen LogP contribution is -2.60. The topological polar surface area (TPSA) is 131 Å². The van der Waals surface area contributed by atoms with Gasteiger partial charge in [-0.1, -0.05) is 18.1 Å². The van der Waals surface area contributed by atoms with E-state index in [1.54, 1.807) is 65.8 Å². The molecular weight excluding hydrogens is 460 g/mol. The Bertz CT molecular complexity index is 1010. The molecule has 0 radical (unpaired) electrons. The lowest BCUT2D eigenvalue weighted by Gasteiger charge is -2.43. The maximum absolute atomic E-state index is 14.0. The van der Waals surface area contributed by atoms with Crippen LogP contribution >= 0.6 is 0 Å². The number of ether oxygens (including phenoxy) is 1. The second-order valence-electron chi connectivity index (χ2n) is 11.7. The number of carbonyl (C=O) groups is 4. The molecule has 4 N–H and O–H groups in total.